The maximum Gasteiger partial charge on any atom is 0.416 e. The predicted octanol–water partition coefficient (Wildman–Crippen LogP) is 4.77. The highest BCUT2D eigenvalue weighted by molar-refractivity contribution is 7.89. The lowest BCUT2D eigenvalue weighted by Crippen LogP contribution is -2.40. The number of sulfonamides is 1. The fourth-order valence-electron chi connectivity index (χ4n) is 3.99. The van der Waals surface area contributed by atoms with Crippen molar-refractivity contribution >= 4 is 15.7 Å². The average molecular weight is 563 g/mol. The van der Waals surface area contributed by atoms with E-state index >= 15 is 0 Å². The Balaban J connectivity index is 1.47. The van der Waals surface area contributed by atoms with Crippen LogP contribution in [0.2, 0.25) is 0 Å². The van der Waals surface area contributed by atoms with Gasteiger partial charge >= 0.3 is 6.18 Å². The van der Waals surface area contributed by atoms with Gasteiger partial charge in [-0.2, -0.15) is 22.6 Å². The number of ether oxygens (including phenoxy) is 1. The summed E-state index contributed by atoms with van der Waals surface area (Å²) < 4.78 is 99.4. The lowest BCUT2D eigenvalue weighted by molar-refractivity contribution is -0.137. The van der Waals surface area contributed by atoms with Crippen molar-refractivity contribution in [3.8, 4) is 23.1 Å². The molecule has 202 valence electrons. The van der Waals surface area contributed by atoms with Crippen molar-refractivity contribution in [2.24, 2.45) is 0 Å². The molecule has 0 N–H and O–H groups in total. The highest BCUT2D eigenvalue weighted by Gasteiger charge is 2.30. The van der Waals surface area contributed by atoms with Crippen LogP contribution in [0, 0.1) is 11.8 Å². The Morgan fingerprint density at radius 1 is 0.949 bits per heavy atom. The molecule has 1 fully saturated rings. The van der Waals surface area contributed by atoms with E-state index in [1.165, 1.54) is 34.8 Å². The number of morpholine rings is 1. The highest BCUT2D eigenvalue weighted by Crippen LogP contribution is 2.32. The molecule has 4 aromatic rings. The molecule has 0 atom stereocenters. The maximum atomic E-state index is 13.8. The summed E-state index contributed by atoms with van der Waals surface area (Å²) in [6, 6.07) is 11.0. The van der Waals surface area contributed by atoms with E-state index in [1.54, 1.807) is 0 Å². The Hall–Kier alpha value is -3.86. The number of benzene rings is 2. The SMILES string of the molecule is O=S(=O)(c1ccc(C#Cc2cnn3c(C(F)F)cc(-c4ccc(C(F)(F)F)cc4)nc23)cc1)N1CCOCC1. The zero-order chi connectivity index (χ0) is 27.8. The van der Waals surface area contributed by atoms with Gasteiger partial charge in [0.1, 0.15) is 5.69 Å². The number of hydrogen-bond acceptors (Lipinski definition) is 5. The molecule has 1 aliphatic rings. The van der Waals surface area contributed by atoms with Gasteiger partial charge in [-0.05, 0) is 42.5 Å². The van der Waals surface area contributed by atoms with Gasteiger partial charge in [-0.3, -0.25) is 0 Å². The molecule has 7 nitrogen and oxygen atoms in total. The first-order chi connectivity index (χ1) is 18.5. The van der Waals surface area contributed by atoms with Gasteiger partial charge in [-0.15, -0.1) is 0 Å². The van der Waals surface area contributed by atoms with E-state index in [-0.39, 0.29) is 40.5 Å². The van der Waals surface area contributed by atoms with Crippen LogP contribution in [0.1, 0.15) is 28.8 Å². The monoisotopic (exact) mass is 562 g/mol. The summed E-state index contributed by atoms with van der Waals surface area (Å²) in [4.78, 5) is 4.45. The van der Waals surface area contributed by atoms with E-state index in [0.29, 0.717) is 18.8 Å². The van der Waals surface area contributed by atoms with E-state index < -0.39 is 33.9 Å². The summed E-state index contributed by atoms with van der Waals surface area (Å²) in [7, 11) is -3.67. The normalized spacial score (nSPS) is 14.9. The van der Waals surface area contributed by atoms with Crippen LogP contribution in [-0.4, -0.2) is 53.6 Å². The number of nitrogens with zero attached hydrogens (tertiary/aromatic N) is 4. The van der Waals surface area contributed by atoms with Crippen LogP contribution in [0.3, 0.4) is 0 Å². The van der Waals surface area contributed by atoms with Crippen LogP contribution in [0.25, 0.3) is 16.9 Å². The molecule has 0 unspecified atom stereocenters. The third-order valence-electron chi connectivity index (χ3n) is 6.03. The van der Waals surface area contributed by atoms with Crippen LogP contribution in [0.5, 0.6) is 0 Å². The molecule has 1 aliphatic heterocycles. The fraction of sp³-hybridized carbons (Fsp3) is 0.231. The zero-order valence-electron chi connectivity index (χ0n) is 20.0. The number of halogens is 5. The van der Waals surface area contributed by atoms with Crippen molar-refractivity contribution in [3.05, 3.63) is 83.2 Å². The molecular weight excluding hydrogens is 543 g/mol. The van der Waals surface area contributed by atoms with Gasteiger partial charge in [0.25, 0.3) is 6.43 Å². The molecule has 39 heavy (non-hydrogen) atoms. The summed E-state index contributed by atoms with van der Waals surface area (Å²) in [6.07, 6.45) is -6.22. The largest absolute Gasteiger partial charge is 0.416 e. The molecule has 0 amide bonds. The van der Waals surface area contributed by atoms with Crippen molar-refractivity contribution in [1.82, 2.24) is 18.9 Å². The quantitative estimate of drug-likeness (QED) is 0.265. The van der Waals surface area contributed by atoms with Crippen LogP contribution < -0.4 is 0 Å². The Bertz CT molecular complexity index is 1670. The van der Waals surface area contributed by atoms with Crippen LogP contribution in [0.4, 0.5) is 22.0 Å². The minimum atomic E-state index is -4.54. The average Bonchev–Trinajstić information content (AvgIpc) is 3.34. The lowest BCUT2D eigenvalue weighted by atomic mass is 10.1. The van der Waals surface area contributed by atoms with Crippen LogP contribution >= 0.6 is 0 Å². The first-order valence-corrected chi connectivity index (χ1v) is 13.0. The Kier molecular flexibility index (Phi) is 7.11. The summed E-state index contributed by atoms with van der Waals surface area (Å²) in [6.45, 7) is 1.18. The molecule has 0 radical (unpaired) electrons. The molecule has 0 spiro atoms. The second-order valence-corrected chi connectivity index (χ2v) is 10.5. The number of hydrogen-bond donors (Lipinski definition) is 0. The van der Waals surface area contributed by atoms with Crippen LogP contribution in [0.15, 0.2) is 65.7 Å². The molecule has 1 saturated heterocycles. The van der Waals surface area contributed by atoms with Crippen molar-refractivity contribution < 1.29 is 35.1 Å². The van der Waals surface area contributed by atoms with Gasteiger partial charge in [-0.25, -0.2) is 26.7 Å². The van der Waals surface area contributed by atoms with Crippen LogP contribution in [-0.2, 0) is 20.9 Å². The molecule has 0 aliphatic carbocycles. The van der Waals surface area contributed by atoms with E-state index in [9.17, 15) is 30.4 Å². The minimum Gasteiger partial charge on any atom is -0.379 e. The third-order valence-corrected chi connectivity index (χ3v) is 7.95. The number of rotatable bonds is 4. The Morgan fingerprint density at radius 3 is 2.23 bits per heavy atom. The molecule has 5 rings (SSSR count). The smallest absolute Gasteiger partial charge is 0.379 e. The standard InChI is InChI=1S/C26H19F5N4O3S/c27-24(28)23-15-22(18-5-7-20(8-6-18)26(29,30)31)33-25-19(16-32-35(23)25)4-1-17-2-9-21(10-3-17)39(36,37)34-11-13-38-14-12-34/h2-3,5-10,15-16,24H,11-14H2. The number of fused-ring (bicyclic) bond motifs is 1. The van der Waals surface area contributed by atoms with Gasteiger partial charge in [0.05, 0.1) is 41.1 Å². The summed E-state index contributed by atoms with van der Waals surface area (Å²) >= 11 is 0. The van der Waals surface area contributed by atoms with Gasteiger partial charge < -0.3 is 4.74 Å². The highest BCUT2D eigenvalue weighted by atomic mass is 32.2. The van der Waals surface area contributed by atoms with Gasteiger partial charge in [-0.1, -0.05) is 24.0 Å². The molecule has 3 heterocycles. The number of alkyl halides is 5. The van der Waals surface area contributed by atoms with Gasteiger partial charge in [0.15, 0.2) is 5.65 Å². The van der Waals surface area contributed by atoms with Crippen molar-refractivity contribution in [2.45, 2.75) is 17.5 Å². The second kappa shape index (κ2) is 10.4. The van der Waals surface area contributed by atoms with Gasteiger partial charge in [0, 0.05) is 24.2 Å². The Morgan fingerprint density at radius 2 is 1.62 bits per heavy atom. The van der Waals surface area contributed by atoms with E-state index in [2.05, 4.69) is 21.9 Å². The Labute approximate surface area is 219 Å². The molecule has 0 saturated carbocycles. The first kappa shape index (κ1) is 26.7. The fourth-order valence-corrected chi connectivity index (χ4v) is 5.40. The third kappa shape index (κ3) is 5.49. The molecule has 2 aromatic heterocycles. The molecule has 2 aromatic carbocycles. The first-order valence-electron chi connectivity index (χ1n) is 11.6. The lowest BCUT2D eigenvalue weighted by Gasteiger charge is -2.26. The maximum absolute atomic E-state index is 13.8. The van der Waals surface area contributed by atoms with Crippen molar-refractivity contribution in [2.75, 3.05) is 26.3 Å². The van der Waals surface area contributed by atoms with Crippen molar-refractivity contribution in [3.63, 3.8) is 0 Å². The van der Waals surface area contributed by atoms with Gasteiger partial charge in [0.2, 0.25) is 10.0 Å². The summed E-state index contributed by atoms with van der Waals surface area (Å²) in [5.41, 5.74) is -0.459. The van der Waals surface area contributed by atoms with Crippen molar-refractivity contribution in [1.29, 1.82) is 0 Å². The molecule has 0 bridgehead atoms. The van der Waals surface area contributed by atoms with E-state index in [4.69, 9.17) is 4.74 Å². The minimum absolute atomic E-state index is 0.00159. The zero-order valence-corrected chi connectivity index (χ0v) is 20.8. The molecule has 13 heteroatoms. The summed E-state index contributed by atoms with van der Waals surface area (Å²) in [5, 5.41) is 3.96. The van der Waals surface area contributed by atoms with E-state index in [1.807, 2.05) is 0 Å². The summed E-state index contributed by atoms with van der Waals surface area (Å²) in [5.74, 6) is 5.66. The van der Waals surface area contributed by atoms with E-state index in [0.717, 1.165) is 34.8 Å². The topological polar surface area (TPSA) is 76.8 Å². The molecular formula is C26H19F5N4O3S. The second-order valence-electron chi connectivity index (χ2n) is 8.53. The predicted molar refractivity (Wildman–Crippen MR) is 130 cm³/mol. The number of aromatic nitrogens is 3.